The number of hydrogen-bond donors (Lipinski definition) is 0. The van der Waals surface area contributed by atoms with Crippen LogP contribution in [0.5, 0.6) is 0 Å². The zero-order valence-corrected chi connectivity index (χ0v) is 36.7. The van der Waals surface area contributed by atoms with Gasteiger partial charge in [-0.25, -0.2) is 6.07 Å². The fraction of sp³-hybridized carbons (Fsp3) is 0.489. The van der Waals surface area contributed by atoms with Gasteiger partial charge in [0.05, 0.1) is 0 Å². The molecular formula is C47H55Cl2F3Zr-2. The second-order valence-corrected chi connectivity index (χ2v) is 19.1. The van der Waals surface area contributed by atoms with E-state index in [9.17, 15) is 13.2 Å². The summed E-state index contributed by atoms with van der Waals surface area (Å²) < 4.78 is 37.9. The van der Waals surface area contributed by atoms with Crippen LogP contribution in [0, 0.1) is 43.1 Å². The van der Waals surface area contributed by atoms with E-state index in [0.717, 1.165) is 41.9 Å². The van der Waals surface area contributed by atoms with E-state index in [1.165, 1.54) is 81.7 Å². The van der Waals surface area contributed by atoms with Crippen molar-refractivity contribution in [3.8, 4) is 11.1 Å². The van der Waals surface area contributed by atoms with Crippen molar-refractivity contribution in [1.82, 2.24) is 0 Å². The van der Waals surface area contributed by atoms with Crippen molar-refractivity contribution in [2.75, 3.05) is 0 Å². The van der Waals surface area contributed by atoms with Gasteiger partial charge in [0.15, 0.2) is 0 Å². The SMILES string of the molecule is CC(C)(C)c1[c-]c2c(cc1)-c1ccc(C(C)(C)C)cc1C2.Cc1cc(CC23CC4CC(CC(C4)C2)C3)c(C)[cH-]1.FC(F)(F)c1ccc([CH]=[Zr+2])cc1.[Cl-].[Cl-]. The summed E-state index contributed by atoms with van der Waals surface area (Å²) in [5.74, 6) is 3.27. The van der Waals surface area contributed by atoms with E-state index in [1.54, 1.807) is 49.7 Å². The average Bonchev–Trinajstić information content (AvgIpc) is 3.56. The van der Waals surface area contributed by atoms with Crippen LogP contribution in [-0.2, 0) is 54.1 Å². The van der Waals surface area contributed by atoms with Gasteiger partial charge in [0.25, 0.3) is 0 Å². The van der Waals surface area contributed by atoms with E-state index in [2.05, 4.69) is 104 Å². The Hall–Kier alpha value is -1.87. The molecule has 0 aromatic heterocycles. The summed E-state index contributed by atoms with van der Waals surface area (Å²) in [6.45, 7) is 18.2. The first kappa shape index (κ1) is 43.9. The minimum Gasteiger partial charge on any atom is -1.00 e. The Morgan fingerprint density at radius 2 is 1.30 bits per heavy atom. The predicted molar refractivity (Wildman–Crippen MR) is 203 cm³/mol. The molecule has 4 aromatic rings. The molecular weight excluding hydrogens is 784 g/mol. The smallest absolute Gasteiger partial charge is 1.00 e. The molecule has 0 aliphatic heterocycles. The van der Waals surface area contributed by atoms with E-state index in [4.69, 9.17) is 0 Å². The maximum absolute atomic E-state index is 12.0. The van der Waals surface area contributed by atoms with Gasteiger partial charge >= 0.3 is 82.7 Å². The summed E-state index contributed by atoms with van der Waals surface area (Å²) in [5.41, 5.74) is 14.3. The summed E-state index contributed by atoms with van der Waals surface area (Å²) in [6.07, 6.45) is 7.52. The summed E-state index contributed by atoms with van der Waals surface area (Å²) >= 11 is 1.18. The Morgan fingerprint density at radius 1 is 0.755 bits per heavy atom. The van der Waals surface area contributed by atoms with Crippen LogP contribution < -0.4 is 24.8 Å². The molecule has 0 radical (unpaired) electrons. The molecule has 0 atom stereocenters. The quantitative estimate of drug-likeness (QED) is 0.175. The normalized spacial score (nSPS) is 22.2. The van der Waals surface area contributed by atoms with Crippen molar-refractivity contribution in [3.05, 3.63) is 123 Å². The van der Waals surface area contributed by atoms with Gasteiger partial charge in [-0.3, -0.25) is 0 Å². The molecule has 0 spiro atoms. The van der Waals surface area contributed by atoms with Crippen LogP contribution in [0.2, 0.25) is 0 Å². The molecule has 4 saturated carbocycles. The molecule has 53 heavy (non-hydrogen) atoms. The van der Waals surface area contributed by atoms with E-state index in [1.807, 2.05) is 3.71 Å². The van der Waals surface area contributed by atoms with Crippen LogP contribution in [0.4, 0.5) is 13.2 Å². The number of aryl methyl sites for hydroxylation is 2. The first-order chi connectivity index (χ1) is 23.8. The third-order valence-corrected chi connectivity index (χ3v) is 12.8. The van der Waals surface area contributed by atoms with Gasteiger partial charge < -0.3 is 24.8 Å². The van der Waals surface area contributed by atoms with Crippen LogP contribution in [0.25, 0.3) is 11.1 Å². The molecule has 0 unspecified atom stereocenters. The summed E-state index contributed by atoms with van der Waals surface area (Å²) in [4.78, 5) is 0. The van der Waals surface area contributed by atoms with Crippen molar-refractivity contribution in [3.63, 3.8) is 0 Å². The van der Waals surface area contributed by atoms with E-state index in [-0.39, 0.29) is 35.6 Å². The monoisotopic (exact) mass is 836 g/mol. The van der Waals surface area contributed by atoms with E-state index < -0.39 is 11.7 Å². The molecule has 5 aliphatic rings. The number of fused-ring (bicyclic) bond motifs is 3. The minimum absolute atomic E-state index is 0. The van der Waals surface area contributed by atoms with E-state index >= 15 is 0 Å². The van der Waals surface area contributed by atoms with Gasteiger partial charge in [0.2, 0.25) is 0 Å². The second-order valence-electron chi connectivity index (χ2n) is 18.4. The van der Waals surface area contributed by atoms with Crippen molar-refractivity contribution >= 4 is 3.71 Å². The maximum atomic E-state index is 12.0. The molecule has 0 heterocycles. The maximum Gasteiger partial charge on any atom is -1.00 e. The zero-order chi connectivity index (χ0) is 36.9. The number of benzene rings is 3. The molecule has 9 rings (SSSR count). The number of halogens is 5. The van der Waals surface area contributed by atoms with Crippen molar-refractivity contribution < 1.29 is 62.2 Å². The Kier molecular flexibility index (Phi) is 13.8. The van der Waals surface area contributed by atoms with Crippen molar-refractivity contribution in [1.29, 1.82) is 0 Å². The summed E-state index contributed by atoms with van der Waals surface area (Å²) in [6, 6.07) is 25.1. The molecule has 0 nitrogen and oxygen atoms in total. The molecule has 0 N–H and O–H groups in total. The first-order valence-corrected chi connectivity index (χ1v) is 20.3. The van der Waals surface area contributed by atoms with Crippen LogP contribution in [0.1, 0.15) is 130 Å². The van der Waals surface area contributed by atoms with Gasteiger partial charge in [0, 0.05) is 0 Å². The third-order valence-electron chi connectivity index (χ3n) is 12.0. The predicted octanol–water partition coefficient (Wildman–Crippen LogP) is 6.84. The van der Waals surface area contributed by atoms with Crippen molar-refractivity contribution in [2.45, 2.75) is 124 Å². The summed E-state index contributed by atoms with van der Waals surface area (Å²) in [7, 11) is 0. The zero-order valence-electron chi connectivity index (χ0n) is 32.7. The topological polar surface area (TPSA) is 0 Å². The minimum atomic E-state index is -4.22. The van der Waals surface area contributed by atoms with E-state index in [0.29, 0.717) is 5.41 Å². The molecule has 4 bridgehead atoms. The van der Waals surface area contributed by atoms with Gasteiger partial charge in [0.1, 0.15) is 0 Å². The fourth-order valence-corrected chi connectivity index (χ4v) is 10.2. The Balaban J connectivity index is 0.000000180. The second kappa shape index (κ2) is 16.7. The number of alkyl halides is 3. The molecule has 6 heteroatoms. The summed E-state index contributed by atoms with van der Waals surface area (Å²) in [5, 5.41) is 0. The largest absolute Gasteiger partial charge is 1.00 e. The van der Waals surface area contributed by atoms with Crippen molar-refractivity contribution in [2.24, 2.45) is 23.2 Å². The Morgan fingerprint density at radius 3 is 1.77 bits per heavy atom. The van der Waals surface area contributed by atoms with Crippen LogP contribution in [0.3, 0.4) is 0 Å². The first-order valence-electron chi connectivity index (χ1n) is 18.9. The van der Waals surface area contributed by atoms with Crippen LogP contribution in [0.15, 0.2) is 66.7 Å². The Labute approximate surface area is 344 Å². The van der Waals surface area contributed by atoms with Gasteiger partial charge in [-0.2, -0.15) is 46.5 Å². The Bertz CT molecular complexity index is 1770. The molecule has 284 valence electrons. The molecule has 0 saturated heterocycles. The molecule has 4 aromatic carbocycles. The van der Waals surface area contributed by atoms with Gasteiger partial charge in [-0.1, -0.05) is 85.6 Å². The fourth-order valence-electron chi connectivity index (χ4n) is 9.76. The van der Waals surface area contributed by atoms with Crippen LogP contribution in [-0.4, -0.2) is 3.71 Å². The standard InChI is InChI=1S/C21H25.C18H25.C8H5F3.2ClH.Zr/c1-20(2,3)16-7-9-18-14(12-16)11-15-13-17(21(4,5)6)8-10-19(15)18;1-12-3-13(2)17(4-12)11-18-8-14-5-15(9-18)7-16(6-14)10-18;1-6-2-4-7(5-3-6)8(9,10)11;;;/h7-10,12H,11H2,1-6H3;3-4,14-16H,5-11H2,1-2H3;1-5H;2*1H;/q2*-1;;;;+2/p-2. The molecule has 0 amide bonds. The van der Waals surface area contributed by atoms with Gasteiger partial charge in [-0.15, -0.1) is 11.1 Å². The number of hydrogen-bond acceptors (Lipinski definition) is 0. The number of rotatable bonds is 3. The average molecular weight is 839 g/mol. The van der Waals surface area contributed by atoms with Gasteiger partial charge in [-0.05, 0) is 90.1 Å². The molecule has 4 fully saturated rings. The van der Waals surface area contributed by atoms with Crippen LogP contribution >= 0.6 is 0 Å². The third kappa shape index (κ3) is 10.3. The molecule has 5 aliphatic carbocycles.